The smallest absolute Gasteiger partial charge is 0.280 e. The van der Waals surface area contributed by atoms with Crippen molar-refractivity contribution in [3.63, 3.8) is 0 Å². The van der Waals surface area contributed by atoms with E-state index >= 15 is 0 Å². The highest BCUT2D eigenvalue weighted by atomic mass is 35.5. The van der Waals surface area contributed by atoms with Gasteiger partial charge in [-0.25, -0.2) is 0 Å². The standard InChI is InChI=1S/C26H22ClN3O3/c1-17-8-11-20(12-9-17)28-25(31)16-33-24-13-10-19(15-23(24)27)14-22-18(2)29-30(26(22)32)21-6-4-3-5-7-21/h3-15H,16H2,1-2H3,(H,28,31)/b22-14+. The summed E-state index contributed by atoms with van der Waals surface area (Å²) in [6.45, 7) is 3.59. The summed E-state index contributed by atoms with van der Waals surface area (Å²) in [6.07, 6.45) is 1.74. The summed E-state index contributed by atoms with van der Waals surface area (Å²) in [6, 6.07) is 21.9. The van der Waals surface area contributed by atoms with E-state index in [4.69, 9.17) is 16.3 Å². The number of anilines is 2. The molecule has 3 aromatic carbocycles. The van der Waals surface area contributed by atoms with Crippen LogP contribution in [-0.2, 0) is 9.59 Å². The van der Waals surface area contributed by atoms with Crippen molar-refractivity contribution in [3.05, 3.63) is 94.5 Å². The van der Waals surface area contributed by atoms with Gasteiger partial charge in [-0.2, -0.15) is 10.1 Å². The first-order valence-electron chi connectivity index (χ1n) is 10.4. The second-order valence-corrected chi connectivity index (χ2v) is 8.00. The maximum absolute atomic E-state index is 12.9. The van der Waals surface area contributed by atoms with E-state index in [2.05, 4.69) is 10.4 Å². The summed E-state index contributed by atoms with van der Waals surface area (Å²) in [5.74, 6) is -0.111. The van der Waals surface area contributed by atoms with Crippen molar-refractivity contribution >= 4 is 46.6 Å². The van der Waals surface area contributed by atoms with Crippen LogP contribution in [0, 0.1) is 6.92 Å². The molecule has 1 N–H and O–H groups in total. The van der Waals surface area contributed by atoms with Crippen LogP contribution in [-0.4, -0.2) is 24.1 Å². The van der Waals surface area contributed by atoms with E-state index in [1.54, 1.807) is 31.2 Å². The number of aryl methyl sites for hydroxylation is 1. The molecule has 6 nitrogen and oxygen atoms in total. The van der Waals surface area contributed by atoms with E-state index < -0.39 is 0 Å². The minimum atomic E-state index is -0.287. The van der Waals surface area contributed by atoms with Crippen LogP contribution in [0.5, 0.6) is 5.75 Å². The molecule has 0 radical (unpaired) electrons. The zero-order valence-corrected chi connectivity index (χ0v) is 19.0. The molecule has 166 valence electrons. The van der Waals surface area contributed by atoms with E-state index in [9.17, 15) is 9.59 Å². The molecule has 0 unspecified atom stereocenters. The fraction of sp³-hybridized carbons (Fsp3) is 0.115. The van der Waals surface area contributed by atoms with Crippen molar-refractivity contribution in [2.45, 2.75) is 13.8 Å². The van der Waals surface area contributed by atoms with Crippen molar-refractivity contribution in [1.82, 2.24) is 0 Å². The fourth-order valence-electron chi connectivity index (χ4n) is 3.30. The predicted octanol–water partition coefficient (Wildman–Crippen LogP) is 5.47. The average Bonchev–Trinajstić information content (AvgIpc) is 3.09. The summed E-state index contributed by atoms with van der Waals surface area (Å²) < 4.78 is 5.57. The Morgan fingerprint density at radius 3 is 2.48 bits per heavy atom. The van der Waals surface area contributed by atoms with Gasteiger partial charge in [0.15, 0.2) is 6.61 Å². The molecule has 0 fully saturated rings. The molecule has 33 heavy (non-hydrogen) atoms. The molecule has 0 spiro atoms. The first-order chi connectivity index (χ1) is 15.9. The van der Waals surface area contributed by atoms with Crippen molar-refractivity contribution in [1.29, 1.82) is 0 Å². The van der Waals surface area contributed by atoms with Crippen molar-refractivity contribution in [2.24, 2.45) is 5.10 Å². The quantitative estimate of drug-likeness (QED) is 0.497. The van der Waals surface area contributed by atoms with Gasteiger partial charge in [-0.15, -0.1) is 0 Å². The number of benzene rings is 3. The second-order valence-electron chi connectivity index (χ2n) is 7.59. The van der Waals surface area contributed by atoms with Gasteiger partial charge in [0.05, 0.1) is 22.0 Å². The lowest BCUT2D eigenvalue weighted by molar-refractivity contribution is -0.118. The molecule has 2 amide bonds. The lowest BCUT2D eigenvalue weighted by Crippen LogP contribution is -2.21. The van der Waals surface area contributed by atoms with Crippen LogP contribution in [0.2, 0.25) is 5.02 Å². The first kappa shape index (κ1) is 22.3. The summed E-state index contributed by atoms with van der Waals surface area (Å²) in [4.78, 5) is 25.0. The number of amides is 2. The lowest BCUT2D eigenvalue weighted by atomic mass is 10.1. The summed E-state index contributed by atoms with van der Waals surface area (Å²) >= 11 is 6.36. The zero-order chi connectivity index (χ0) is 23.4. The summed E-state index contributed by atoms with van der Waals surface area (Å²) in [5, 5.41) is 8.87. The van der Waals surface area contributed by atoms with Gasteiger partial charge < -0.3 is 10.1 Å². The van der Waals surface area contributed by atoms with Crippen LogP contribution in [0.4, 0.5) is 11.4 Å². The van der Waals surface area contributed by atoms with Crippen molar-refractivity contribution in [2.75, 3.05) is 16.9 Å². The molecular formula is C26H22ClN3O3. The molecule has 1 heterocycles. The number of carbonyl (C=O) groups excluding carboxylic acids is 2. The van der Waals surface area contributed by atoms with E-state index in [-0.39, 0.29) is 18.4 Å². The Morgan fingerprint density at radius 1 is 1.06 bits per heavy atom. The number of hydrazone groups is 1. The number of hydrogen-bond acceptors (Lipinski definition) is 4. The molecule has 4 rings (SSSR count). The number of ether oxygens (including phenoxy) is 1. The Kier molecular flexibility index (Phi) is 6.56. The summed E-state index contributed by atoms with van der Waals surface area (Å²) in [7, 11) is 0. The van der Waals surface area contributed by atoms with Gasteiger partial charge in [-0.3, -0.25) is 9.59 Å². The Bertz CT molecular complexity index is 1250. The topological polar surface area (TPSA) is 71.0 Å². The predicted molar refractivity (Wildman–Crippen MR) is 132 cm³/mol. The van der Waals surface area contributed by atoms with Gasteiger partial charge >= 0.3 is 0 Å². The highest BCUT2D eigenvalue weighted by molar-refractivity contribution is 6.33. The largest absolute Gasteiger partial charge is 0.482 e. The van der Waals surface area contributed by atoms with Crippen LogP contribution in [0.1, 0.15) is 18.1 Å². The van der Waals surface area contributed by atoms with Gasteiger partial charge in [-0.05, 0) is 61.9 Å². The normalized spacial score (nSPS) is 14.4. The maximum Gasteiger partial charge on any atom is 0.280 e. The Morgan fingerprint density at radius 2 is 1.79 bits per heavy atom. The molecule has 1 aliphatic heterocycles. The Balaban J connectivity index is 1.41. The summed E-state index contributed by atoms with van der Waals surface area (Å²) in [5.41, 5.74) is 4.35. The number of carbonyl (C=O) groups is 2. The van der Waals surface area contributed by atoms with E-state index in [1.165, 1.54) is 5.01 Å². The molecule has 1 aliphatic rings. The molecule has 0 atom stereocenters. The number of nitrogens with one attached hydrogen (secondary N) is 1. The third-order valence-corrected chi connectivity index (χ3v) is 5.32. The zero-order valence-electron chi connectivity index (χ0n) is 18.2. The highest BCUT2D eigenvalue weighted by Crippen LogP contribution is 2.29. The second kappa shape index (κ2) is 9.71. The number of hydrogen-bond donors (Lipinski definition) is 1. The molecule has 0 aromatic heterocycles. The van der Waals surface area contributed by atoms with Crippen molar-refractivity contribution < 1.29 is 14.3 Å². The molecule has 3 aromatic rings. The fourth-order valence-corrected chi connectivity index (χ4v) is 3.54. The maximum atomic E-state index is 12.9. The van der Waals surface area contributed by atoms with Crippen LogP contribution in [0.3, 0.4) is 0 Å². The van der Waals surface area contributed by atoms with Gasteiger partial charge in [0.1, 0.15) is 5.75 Å². The SMILES string of the molecule is CC1=NN(c2ccccc2)C(=O)/C1=C/c1ccc(OCC(=O)Nc2ccc(C)cc2)c(Cl)c1. The first-order valence-corrected chi connectivity index (χ1v) is 10.7. The number of halogens is 1. The Hall–Kier alpha value is -3.90. The van der Waals surface area contributed by atoms with Gasteiger partial charge in [0.25, 0.3) is 11.8 Å². The van der Waals surface area contributed by atoms with Crippen LogP contribution >= 0.6 is 11.6 Å². The number of para-hydroxylation sites is 1. The molecule has 7 heteroatoms. The minimum Gasteiger partial charge on any atom is -0.482 e. The third kappa shape index (κ3) is 5.30. The number of nitrogens with zero attached hydrogens (tertiary/aromatic N) is 2. The van der Waals surface area contributed by atoms with E-state index in [0.29, 0.717) is 33.4 Å². The molecule has 0 aliphatic carbocycles. The monoisotopic (exact) mass is 459 g/mol. The van der Waals surface area contributed by atoms with Gasteiger partial charge in [0, 0.05) is 5.69 Å². The van der Waals surface area contributed by atoms with Crippen LogP contribution in [0.25, 0.3) is 6.08 Å². The van der Waals surface area contributed by atoms with Gasteiger partial charge in [0.2, 0.25) is 0 Å². The Labute approximate surface area is 197 Å². The van der Waals surface area contributed by atoms with Crippen LogP contribution < -0.4 is 15.1 Å². The van der Waals surface area contributed by atoms with E-state index in [0.717, 1.165) is 11.1 Å². The van der Waals surface area contributed by atoms with E-state index in [1.807, 2.05) is 61.5 Å². The minimum absolute atomic E-state index is 0.176. The average molecular weight is 460 g/mol. The number of rotatable bonds is 6. The molecular weight excluding hydrogens is 438 g/mol. The van der Waals surface area contributed by atoms with Crippen molar-refractivity contribution in [3.8, 4) is 5.75 Å². The third-order valence-electron chi connectivity index (χ3n) is 5.02. The molecule has 0 saturated heterocycles. The molecule has 0 bridgehead atoms. The molecule has 0 saturated carbocycles. The highest BCUT2D eigenvalue weighted by Gasteiger charge is 2.28. The lowest BCUT2D eigenvalue weighted by Gasteiger charge is -2.11. The van der Waals surface area contributed by atoms with Crippen LogP contribution in [0.15, 0.2) is 83.5 Å². The van der Waals surface area contributed by atoms with Gasteiger partial charge in [-0.1, -0.05) is 53.6 Å².